The first-order valence-electron chi connectivity index (χ1n) is 5.74. The van der Waals surface area contributed by atoms with Gasteiger partial charge < -0.3 is 11.1 Å². The van der Waals surface area contributed by atoms with Gasteiger partial charge in [0.25, 0.3) is 0 Å². The molecule has 0 spiro atoms. The number of hydrogen-bond acceptors (Lipinski definition) is 2. The van der Waals surface area contributed by atoms with Crippen LogP contribution < -0.4 is 11.1 Å². The number of benzene rings is 1. The summed E-state index contributed by atoms with van der Waals surface area (Å²) in [6.45, 7) is 4.21. The van der Waals surface area contributed by atoms with Crippen LogP contribution >= 0.6 is 23.8 Å². The summed E-state index contributed by atoms with van der Waals surface area (Å²) >= 11 is 10.9. The van der Waals surface area contributed by atoms with Crippen molar-refractivity contribution in [3.05, 3.63) is 34.9 Å². The molecule has 0 heterocycles. The van der Waals surface area contributed by atoms with Gasteiger partial charge in [0.1, 0.15) is 0 Å². The lowest BCUT2D eigenvalue weighted by molar-refractivity contribution is -0.124. The summed E-state index contributed by atoms with van der Waals surface area (Å²) in [7, 11) is 0. The highest BCUT2D eigenvalue weighted by atomic mass is 35.5. The van der Waals surface area contributed by atoms with E-state index in [1.165, 1.54) is 0 Å². The van der Waals surface area contributed by atoms with Crippen LogP contribution in [0.5, 0.6) is 0 Å². The van der Waals surface area contributed by atoms with Gasteiger partial charge in [-0.25, -0.2) is 0 Å². The molecule has 3 nitrogen and oxygen atoms in total. The molecule has 0 bridgehead atoms. The maximum absolute atomic E-state index is 12.0. The molecule has 5 heteroatoms. The molecule has 0 aliphatic heterocycles. The minimum Gasteiger partial charge on any atom is -0.393 e. The molecule has 3 N–H and O–H groups in total. The fourth-order valence-electron chi connectivity index (χ4n) is 1.69. The van der Waals surface area contributed by atoms with Crippen LogP contribution in [0.15, 0.2) is 24.3 Å². The first kappa shape index (κ1) is 14.9. The molecular formula is C13H17ClN2OS. The Balaban J connectivity index is 2.66. The molecule has 0 aliphatic rings. The molecule has 0 aromatic heterocycles. The Morgan fingerprint density at radius 2 is 2.06 bits per heavy atom. The number of rotatable bonds is 5. The van der Waals surface area contributed by atoms with Crippen LogP contribution in [0.2, 0.25) is 5.02 Å². The number of amides is 1. The third kappa shape index (κ3) is 3.96. The quantitative estimate of drug-likeness (QED) is 0.817. The van der Waals surface area contributed by atoms with Crippen molar-refractivity contribution in [2.75, 3.05) is 0 Å². The van der Waals surface area contributed by atoms with E-state index in [4.69, 9.17) is 29.6 Å². The second-order valence-corrected chi connectivity index (χ2v) is 5.31. The smallest absolute Gasteiger partial charge is 0.230 e. The SMILES string of the molecule is CC(C)C(C(=O)NCc1ccccc1Cl)C(N)=S. The van der Waals surface area contributed by atoms with Crippen molar-refractivity contribution in [3.63, 3.8) is 0 Å². The van der Waals surface area contributed by atoms with Crippen LogP contribution in [0.3, 0.4) is 0 Å². The Labute approximate surface area is 118 Å². The Hall–Kier alpha value is -1.13. The van der Waals surface area contributed by atoms with Gasteiger partial charge >= 0.3 is 0 Å². The fraction of sp³-hybridized carbons (Fsp3) is 0.385. The Bertz CT molecular complexity index is 448. The van der Waals surface area contributed by atoms with Crippen molar-refractivity contribution in [2.45, 2.75) is 20.4 Å². The van der Waals surface area contributed by atoms with Gasteiger partial charge in [-0.1, -0.05) is 55.9 Å². The van der Waals surface area contributed by atoms with Crippen LogP contribution in [-0.4, -0.2) is 10.9 Å². The monoisotopic (exact) mass is 284 g/mol. The first-order valence-corrected chi connectivity index (χ1v) is 6.52. The summed E-state index contributed by atoms with van der Waals surface area (Å²) in [5.74, 6) is -0.520. The highest BCUT2D eigenvalue weighted by Gasteiger charge is 2.24. The summed E-state index contributed by atoms with van der Waals surface area (Å²) in [4.78, 5) is 12.2. The van der Waals surface area contributed by atoms with Gasteiger partial charge in [0.2, 0.25) is 5.91 Å². The number of halogens is 1. The van der Waals surface area contributed by atoms with Crippen molar-refractivity contribution in [2.24, 2.45) is 17.6 Å². The maximum Gasteiger partial charge on any atom is 0.230 e. The fourth-order valence-corrected chi connectivity index (χ4v) is 2.28. The molecule has 0 fully saturated rings. The average molecular weight is 285 g/mol. The number of nitrogens with one attached hydrogen (secondary N) is 1. The number of thiocarbonyl (C=S) groups is 1. The zero-order valence-corrected chi connectivity index (χ0v) is 12.0. The first-order chi connectivity index (χ1) is 8.43. The van der Waals surface area contributed by atoms with E-state index >= 15 is 0 Å². The standard InChI is InChI=1S/C13H17ClN2OS/c1-8(2)11(12(15)18)13(17)16-7-9-5-3-4-6-10(9)14/h3-6,8,11H,7H2,1-2H3,(H2,15,18)(H,16,17). The normalized spacial score (nSPS) is 12.2. The van der Waals surface area contributed by atoms with E-state index in [-0.39, 0.29) is 16.8 Å². The van der Waals surface area contributed by atoms with Gasteiger partial charge in [-0.05, 0) is 17.5 Å². The number of hydrogen-bond donors (Lipinski definition) is 2. The van der Waals surface area contributed by atoms with Crippen molar-refractivity contribution in [1.82, 2.24) is 5.32 Å². The molecule has 0 radical (unpaired) electrons. The third-order valence-corrected chi connectivity index (χ3v) is 3.29. The van der Waals surface area contributed by atoms with E-state index in [0.717, 1.165) is 5.56 Å². The van der Waals surface area contributed by atoms with Crippen molar-refractivity contribution in [3.8, 4) is 0 Å². The maximum atomic E-state index is 12.0. The molecule has 1 atom stereocenters. The summed E-state index contributed by atoms with van der Waals surface area (Å²) in [6.07, 6.45) is 0. The van der Waals surface area contributed by atoms with Gasteiger partial charge in [-0.2, -0.15) is 0 Å². The van der Waals surface area contributed by atoms with Crippen LogP contribution in [-0.2, 0) is 11.3 Å². The molecule has 1 rings (SSSR count). The second-order valence-electron chi connectivity index (χ2n) is 4.43. The molecular weight excluding hydrogens is 268 g/mol. The van der Waals surface area contributed by atoms with E-state index in [1.807, 2.05) is 32.0 Å². The topological polar surface area (TPSA) is 55.1 Å². The summed E-state index contributed by atoms with van der Waals surface area (Å²) in [5.41, 5.74) is 6.46. The zero-order valence-electron chi connectivity index (χ0n) is 10.4. The molecule has 18 heavy (non-hydrogen) atoms. The minimum atomic E-state index is -0.442. The Morgan fingerprint density at radius 1 is 1.44 bits per heavy atom. The van der Waals surface area contributed by atoms with Crippen molar-refractivity contribution in [1.29, 1.82) is 0 Å². The molecule has 0 saturated carbocycles. The highest BCUT2D eigenvalue weighted by Crippen LogP contribution is 2.16. The largest absolute Gasteiger partial charge is 0.393 e. The van der Waals surface area contributed by atoms with Gasteiger partial charge in [0, 0.05) is 11.6 Å². The molecule has 98 valence electrons. The van der Waals surface area contributed by atoms with Gasteiger partial charge in [-0.3, -0.25) is 4.79 Å². The lowest BCUT2D eigenvalue weighted by Crippen LogP contribution is -2.40. The van der Waals surface area contributed by atoms with Crippen LogP contribution in [0.25, 0.3) is 0 Å². The lowest BCUT2D eigenvalue weighted by Gasteiger charge is -2.19. The van der Waals surface area contributed by atoms with Crippen LogP contribution in [0.4, 0.5) is 0 Å². The molecule has 1 aromatic rings. The zero-order chi connectivity index (χ0) is 13.7. The Kier molecular flexibility index (Phi) is 5.56. The third-order valence-electron chi connectivity index (χ3n) is 2.67. The number of carbonyl (C=O) groups excluding carboxylic acids is 1. The van der Waals surface area contributed by atoms with E-state index in [0.29, 0.717) is 11.6 Å². The van der Waals surface area contributed by atoms with Gasteiger partial charge in [0.15, 0.2) is 0 Å². The number of nitrogens with two attached hydrogens (primary N) is 1. The number of carbonyl (C=O) groups is 1. The lowest BCUT2D eigenvalue weighted by atomic mass is 9.95. The second kappa shape index (κ2) is 6.71. The van der Waals surface area contributed by atoms with E-state index in [1.54, 1.807) is 6.07 Å². The van der Waals surface area contributed by atoms with Crippen molar-refractivity contribution >= 4 is 34.7 Å². The van der Waals surface area contributed by atoms with Crippen LogP contribution in [0, 0.1) is 11.8 Å². The molecule has 0 saturated heterocycles. The van der Waals surface area contributed by atoms with Gasteiger partial charge in [0.05, 0.1) is 10.9 Å². The summed E-state index contributed by atoms with van der Waals surface area (Å²) in [5, 5.41) is 3.45. The van der Waals surface area contributed by atoms with E-state index in [2.05, 4.69) is 5.32 Å². The molecule has 1 unspecified atom stereocenters. The summed E-state index contributed by atoms with van der Waals surface area (Å²) < 4.78 is 0. The summed E-state index contributed by atoms with van der Waals surface area (Å²) in [6, 6.07) is 7.38. The molecule has 1 aromatic carbocycles. The molecule has 0 aliphatic carbocycles. The Morgan fingerprint density at radius 3 is 2.56 bits per heavy atom. The van der Waals surface area contributed by atoms with E-state index in [9.17, 15) is 4.79 Å². The predicted octanol–water partition coefficient (Wildman–Crippen LogP) is 2.51. The molecule has 1 amide bonds. The van der Waals surface area contributed by atoms with Crippen molar-refractivity contribution < 1.29 is 4.79 Å². The van der Waals surface area contributed by atoms with Gasteiger partial charge in [-0.15, -0.1) is 0 Å². The highest BCUT2D eigenvalue weighted by molar-refractivity contribution is 7.80. The van der Waals surface area contributed by atoms with Crippen LogP contribution in [0.1, 0.15) is 19.4 Å². The minimum absolute atomic E-state index is 0.0775. The predicted molar refractivity (Wildman–Crippen MR) is 78.4 cm³/mol. The average Bonchev–Trinajstić information content (AvgIpc) is 2.27. The van der Waals surface area contributed by atoms with E-state index < -0.39 is 5.92 Å².